The van der Waals surface area contributed by atoms with Gasteiger partial charge in [0.15, 0.2) is 0 Å². The molecule has 184 valence electrons. The molecule has 0 fully saturated rings. The molecule has 36 heavy (non-hydrogen) atoms. The number of pyridine rings is 2. The van der Waals surface area contributed by atoms with Gasteiger partial charge in [0, 0.05) is 48.7 Å². The van der Waals surface area contributed by atoms with Crippen molar-refractivity contribution in [2.75, 3.05) is 11.5 Å². The minimum absolute atomic E-state index is 1.00. The number of nitrogens with zero attached hydrogens (tertiary/aromatic N) is 2. The summed E-state index contributed by atoms with van der Waals surface area (Å²) in [6.07, 6.45) is 3.74. The van der Waals surface area contributed by atoms with Gasteiger partial charge in [0.25, 0.3) is 0 Å². The van der Waals surface area contributed by atoms with Gasteiger partial charge < -0.3 is 0 Å². The molecule has 0 saturated carbocycles. The molecule has 10 heteroatoms. The van der Waals surface area contributed by atoms with E-state index < -0.39 is 0 Å². The highest BCUT2D eigenvalue weighted by Gasteiger charge is 2.35. The van der Waals surface area contributed by atoms with Crippen molar-refractivity contribution in [3.63, 3.8) is 0 Å². The van der Waals surface area contributed by atoms with Crippen molar-refractivity contribution in [1.29, 1.82) is 0 Å². The molecule has 0 atom stereocenters. The fraction of sp³-hybridized carbons (Fsp3) is 0.231. The average Bonchev–Trinajstić information content (AvgIpc) is 3.63. The van der Waals surface area contributed by atoms with Crippen molar-refractivity contribution >= 4 is 99.7 Å². The molecule has 6 rings (SSSR count). The Kier molecular flexibility index (Phi) is 8.04. The van der Waals surface area contributed by atoms with E-state index >= 15 is 0 Å². The van der Waals surface area contributed by atoms with Crippen molar-refractivity contribution in [2.45, 2.75) is 27.7 Å². The fourth-order valence-corrected chi connectivity index (χ4v) is 15.8. The van der Waals surface area contributed by atoms with Crippen molar-refractivity contribution in [3.05, 3.63) is 88.6 Å². The topological polar surface area (TPSA) is 25.8 Å². The van der Waals surface area contributed by atoms with Gasteiger partial charge in [-0.1, -0.05) is 96.6 Å². The zero-order chi connectivity index (χ0) is 24.8. The van der Waals surface area contributed by atoms with Gasteiger partial charge >= 0.3 is 0 Å². The van der Waals surface area contributed by atoms with Crippen molar-refractivity contribution in [3.8, 4) is 11.4 Å². The number of allylic oxidation sites excluding steroid dienone is 2. The predicted octanol–water partition coefficient (Wildman–Crippen LogP) is 10.8. The van der Waals surface area contributed by atoms with Crippen molar-refractivity contribution in [2.24, 2.45) is 0 Å². The van der Waals surface area contributed by atoms with Crippen LogP contribution in [0.3, 0.4) is 0 Å². The smallest absolute Gasteiger partial charge is 0.0971 e. The Morgan fingerprint density at radius 3 is 1.64 bits per heavy atom. The van der Waals surface area contributed by atoms with Crippen molar-refractivity contribution < 1.29 is 0 Å². The summed E-state index contributed by atoms with van der Waals surface area (Å²) in [4.78, 5) is 15.0. The molecule has 2 aromatic rings. The lowest BCUT2D eigenvalue weighted by Gasteiger charge is -2.07. The van der Waals surface area contributed by atoms with Gasteiger partial charge in [0.05, 0.1) is 32.6 Å². The minimum atomic E-state index is 1.00. The first-order valence-electron chi connectivity index (χ1n) is 11.5. The Balaban J connectivity index is 1.29. The normalized spacial score (nSPS) is 19.4. The molecule has 0 aromatic carbocycles. The molecule has 0 unspecified atom stereocenters. The molecular formula is C26H22N2S8. The first-order valence-corrected chi connectivity index (χ1v) is 18.3. The van der Waals surface area contributed by atoms with E-state index in [9.17, 15) is 0 Å². The number of hydrogen-bond acceptors (Lipinski definition) is 10. The molecule has 3 aliphatic heterocycles. The third-order valence-electron chi connectivity index (χ3n) is 5.56. The summed E-state index contributed by atoms with van der Waals surface area (Å²) in [6, 6.07) is 8.44. The van der Waals surface area contributed by atoms with E-state index in [1.54, 1.807) is 0 Å². The Hall–Kier alpha value is -0.200. The van der Waals surface area contributed by atoms with E-state index in [0.717, 1.165) is 22.9 Å². The van der Waals surface area contributed by atoms with Crippen LogP contribution in [0.2, 0.25) is 0 Å². The van der Waals surface area contributed by atoms with Crippen LogP contribution in [0.15, 0.2) is 77.5 Å². The maximum Gasteiger partial charge on any atom is 0.0971 e. The van der Waals surface area contributed by atoms with Crippen LogP contribution in [-0.4, -0.2) is 21.5 Å². The van der Waals surface area contributed by atoms with Crippen LogP contribution in [0.4, 0.5) is 0 Å². The van der Waals surface area contributed by atoms with E-state index in [4.69, 9.17) is 0 Å². The highest BCUT2D eigenvalue weighted by Crippen LogP contribution is 2.67. The summed E-state index contributed by atoms with van der Waals surface area (Å²) in [5.74, 6) is 2.24. The van der Waals surface area contributed by atoms with Crippen LogP contribution in [0.1, 0.15) is 38.8 Å². The third-order valence-corrected chi connectivity index (χ3v) is 16.8. The first-order chi connectivity index (χ1) is 17.6. The van der Waals surface area contributed by atoms with Gasteiger partial charge in [0.2, 0.25) is 0 Å². The van der Waals surface area contributed by atoms with Crippen molar-refractivity contribution in [1.82, 2.24) is 9.97 Å². The second-order valence-corrected chi connectivity index (χ2v) is 18.2. The molecule has 1 aliphatic carbocycles. The van der Waals surface area contributed by atoms with Gasteiger partial charge in [-0.2, -0.15) is 0 Å². The highest BCUT2D eigenvalue weighted by molar-refractivity contribution is 8.42. The molecule has 0 radical (unpaired) electrons. The van der Waals surface area contributed by atoms with Gasteiger partial charge in [0.1, 0.15) is 0 Å². The summed E-state index contributed by atoms with van der Waals surface area (Å²) >= 11 is 15.7. The Morgan fingerprint density at radius 2 is 1.11 bits per heavy atom. The molecule has 0 spiro atoms. The van der Waals surface area contributed by atoms with Crippen LogP contribution in [-0.2, 0) is 0 Å². The molecule has 2 nitrogen and oxygen atoms in total. The maximum absolute atomic E-state index is 4.68. The number of fused-ring (bicyclic) bond motifs is 3. The summed E-state index contributed by atoms with van der Waals surface area (Å²) < 4.78 is 7.20. The third kappa shape index (κ3) is 4.72. The second kappa shape index (κ2) is 11.1. The molecule has 4 aliphatic rings. The van der Waals surface area contributed by atoms with E-state index in [-0.39, 0.29) is 0 Å². The largest absolute Gasteiger partial charge is 0.254 e. The van der Waals surface area contributed by atoms with E-state index in [1.807, 2.05) is 119 Å². The Morgan fingerprint density at radius 1 is 0.639 bits per heavy atom. The summed E-state index contributed by atoms with van der Waals surface area (Å²) in [7, 11) is 0. The predicted molar refractivity (Wildman–Crippen MR) is 175 cm³/mol. The van der Waals surface area contributed by atoms with Crippen LogP contribution in [0.5, 0.6) is 0 Å². The quantitative estimate of drug-likeness (QED) is 0.275. The molecular weight excluding hydrogens is 597 g/mol. The van der Waals surface area contributed by atoms with E-state index in [0.29, 0.717) is 0 Å². The molecule has 2 aromatic heterocycles. The zero-order valence-electron chi connectivity index (χ0n) is 20.0. The molecule has 0 bridgehead atoms. The van der Waals surface area contributed by atoms with Crippen LogP contribution in [0.25, 0.3) is 17.0 Å². The summed E-state index contributed by atoms with van der Waals surface area (Å²) in [5.41, 5.74) is 5.68. The summed E-state index contributed by atoms with van der Waals surface area (Å²) in [6.45, 7) is 9.04. The maximum atomic E-state index is 4.68. The standard InChI is InChI=1S/C26H22N2S8/c1-5-29-23-24(30-6-2)36-26(35-23)25-32-14(4)21(34-25)20-13(3)31-22(33-20)17-15-9-7-11-27-18(15)19-16(17)10-8-12-28-19/h7-12H,5-6H2,1-4H3. The highest BCUT2D eigenvalue weighted by atomic mass is 32.3. The average molecular weight is 619 g/mol. The number of hydrogen-bond donors (Lipinski definition) is 0. The lowest BCUT2D eigenvalue weighted by molar-refractivity contribution is 1.26. The Bertz CT molecular complexity index is 1370. The Labute approximate surface area is 246 Å². The lowest BCUT2D eigenvalue weighted by Crippen LogP contribution is -1.84. The SMILES string of the molecule is CCSC1=C(SCC)SC(=C2SC(C)=C(C3=C(C)SC(=C4c5cccnc5-c5ncccc54)S3)S2)S1. The van der Waals surface area contributed by atoms with E-state index in [2.05, 4.69) is 49.8 Å². The minimum Gasteiger partial charge on any atom is -0.254 e. The molecule has 0 N–H and O–H groups in total. The van der Waals surface area contributed by atoms with E-state index in [1.165, 1.54) is 57.5 Å². The molecule has 0 amide bonds. The van der Waals surface area contributed by atoms with Crippen LogP contribution in [0, 0.1) is 0 Å². The van der Waals surface area contributed by atoms with Gasteiger partial charge in [-0.05, 0) is 37.5 Å². The first kappa shape index (κ1) is 26.0. The fourth-order valence-electron chi connectivity index (χ4n) is 4.09. The van der Waals surface area contributed by atoms with Crippen LogP contribution < -0.4 is 0 Å². The monoisotopic (exact) mass is 618 g/mol. The number of thioether (sulfide) groups is 8. The van der Waals surface area contributed by atoms with Gasteiger partial charge in [-0.15, -0.1) is 23.5 Å². The molecule has 0 saturated heterocycles. The lowest BCUT2D eigenvalue weighted by atomic mass is 10.1. The summed E-state index contributed by atoms with van der Waals surface area (Å²) in [5, 5.41) is 0. The number of aromatic nitrogens is 2. The van der Waals surface area contributed by atoms with Crippen LogP contribution >= 0.6 is 94.1 Å². The van der Waals surface area contributed by atoms with Gasteiger partial charge in [-0.3, -0.25) is 9.97 Å². The molecule has 5 heterocycles. The zero-order valence-corrected chi connectivity index (χ0v) is 26.6. The second-order valence-electron chi connectivity index (χ2n) is 7.86. The number of rotatable bonds is 5. The van der Waals surface area contributed by atoms with Gasteiger partial charge in [-0.25, -0.2) is 0 Å².